The molecule has 1 heterocycles. The number of fused-ring (bicyclic) bond motifs is 1. The quantitative estimate of drug-likeness (QED) is 0.752. The van der Waals surface area contributed by atoms with Crippen molar-refractivity contribution in [3.8, 4) is 11.5 Å². The Morgan fingerprint density at radius 3 is 2.61 bits per heavy atom. The van der Waals surface area contributed by atoms with Crippen LogP contribution in [0.25, 0.3) is 0 Å². The van der Waals surface area contributed by atoms with Crippen molar-refractivity contribution in [2.24, 2.45) is 0 Å². The molecule has 23 heavy (non-hydrogen) atoms. The molecule has 0 atom stereocenters. The van der Waals surface area contributed by atoms with Gasteiger partial charge in [0.2, 0.25) is 0 Å². The molecule has 0 saturated heterocycles. The summed E-state index contributed by atoms with van der Waals surface area (Å²) in [4.78, 5) is 0. The predicted molar refractivity (Wildman–Crippen MR) is 94.4 cm³/mol. The van der Waals surface area contributed by atoms with Gasteiger partial charge in [0.25, 0.3) is 0 Å². The van der Waals surface area contributed by atoms with Gasteiger partial charge in [-0.2, -0.15) is 0 Å². The van der Waals surface area contributed by atoms with Gasteiger partial charge < -0.3 is 9.47 Å². The van der Waals surface area contributed by atoms with Crippen LogP contribution in [0.4, 0.5) is 0 Å². The second-order valence-electron chi connectivity index (χ2n) is 7.03. The number of rotatable bonds is 5. The summed E-state index contributed by atoms with van der Waals surface area (Å²) in [5.74, 6) is 2.10. The average Bonchev–Trinajstić information content (AvgIpc) is 2.83. The van der Waals surface area contributed by atoms with E-state index in [1.807, 2.05) is 6.07 Å². The van der Waals surface area contributed by atoms with Crippen molar-refractivity contribution < 1.29 is 9.47 Å². The summed E-state index contributed by atoms with van der Waals surface area (Å²) < 4.78 is 12.4. The topological polar surface area (TPSA) is 18.5 Å². The number of hydrogen-bond acceptors (Lipinski definition) is 2. The van der Waals surface area contributed by atoms with Gasteiger partial charge in [-0.1, -0.05) is 43.7 Å². The molecule has 2 nitrogen and oxygen atoms in total. The lowest BCUT2D eigenvalue weighted by molar-refractivity contribution is 0.138. The molecule has 0 bridgehead atoms. The fourth-order valence-electron chi connectivity index (χ4n) is 3.33. The minimum Gasteiger partial charge on any atom is -0.488 e. The van der Waals surface area contributed by atoms with E-state index in [0.717, 1.165) is 30.8 Å². The zero-order valence-corrected chi connectivity index (χ0v) is 14.6. The minimum atomic E-state index is -0.116. The SMILES string of the molecule is CCCc1cc2c(c(C)c1OCc1ccccc1)CC(C)(C)O2. The van der Waals surface area contributed by atoms with Crippen LogP contribution in [-0.2, 0) is 19.4 Å². The lowest BCUT2D eigenvalue weighted by atomic mass is 9.94. The lowest BCUT2D eigenvalue weighted by Gasteiger charge is -2.17. The molecular weight excluding hydrogens is 284 g/mol. The van der Waals surface area contributed by atoms with E-state index in [0.29, 0.717) is 6.61 Å². The molecule has 2 heteroatoms. The number of aryl methyl sites for hydroxylation is 1. The van der Waals surface area contributed by atoms with Gasteiger partial charge in [0.1, 0.15) is 23.7 Å². The van der Waals surface area contributed by atoms with Crippen LogP contribution >= 0.6 is 0 Å². The lowest BCUT2D eigenvalue weighted by Crippen LogP contribution is -2.24. The Morgan fingerprint density at radius 1 is 1.17 bits per heavy atom. The van der Waals surface area contributed by atoms with E-state index in [9.17, 15) is 0 Å². The molecule has 0 aliphatic carbocycles. The average molecular weight is 310 g/mol. The second kappa shape index (κ2) is 6.27. The minimum absolute atomic E-state index is 0.116. The van der Waals surface area contributed by atoms with Crippen LogP contribution in [0, 0.1) is 6.92 Å². The van der Waals surface area contributed by atoms with Crippen molar-refractivity contribution in [1.82, 2.24) is 0 Å². The fourth-order valence-corrected chi connectivity index (χ4v) is 3.33. The van der Waals surface area contributed by atoms with Gasteiger partial charge in [-0.3, -0.25) is 0 Å². The first kappa shape index (κ1) is 15.9. The van der Waals surface area contributed by atoms with Crippen molar-refractivity contribution in [1.29, 1.82) is 0 Å². The highest BCUT2D eigenvalue weighted by atomic mass is 16.5. The summed E-state index contributed by atoms with van der Waals surface area (Å²) in [5.41, 5.74) is 4.89. The van der Waals surface area contributed by atoms with Gasteiger partial charge in [-0.25, -0.2) is 0 Å². The van der Waals surface area contributed by atoms with Crippen LogP contribution in [0.3, 0.4) is 0 Å². The third-order valence-electron chi connectivity index (χ3n) is 4.42. The van der Waals surface area contributed by atoms with Crippen LogP contribution in [0.1, 0.15) is 49.4 Å². The van der Waals surface area contributed by atoms with Crippen molar-refractivity contribution in [3.05, 3.63) is 58.7 Å². The standard InChI is InChI=1S/C21H26O2/c1-5-9-17-12-19-18(13-21(3,4)23-19)15(2)20(17)22-14-16-10-7-6-8-11-16/h6-8,10-12H,5,9,13-14H2,1-4H3. The number of benzene rings is 2. The highest BCUT2D eigenvalue weighted by Crippen LogP contribution is 2.43. The molecule has 1 aliphatic heterocycles. The molecule has 2 aromatic rings. The Labute approximate surface area is 139 Å². The molecule has 2 aromatic carbocycles. The highest BCUT2D eigenvalue weighted by Gasteiger charge is 2.33. The van der Waals surface area contributed by atoms with Crippen LogP contribution in [0.15, 0.2) is 36.4 Å². The van der Waals surface area contributed by atoms with Crippen LogP contribution in [-0.4, -0.2) is 5.60 Å². The van der Waals surface area contributed by atoms with Gasteiger partial charge in [0, 0.05) is 12.0 Å². The van der Waals surface area contributed by atoms with E-state index in [2.05, 4.69) is 58.0 Å². The molecule has 0 unspecified atom stereocenters. The second-order valence-corrected chi connectivity index (χ2v) is 7.03. The Balaban J connectivity index is 1.92. The first-order valence-corrected chi connectivity index (χ1v) is 8.51. The molecule has 122 valence electrons. The molecule has 0 saturated carbocycles. The van der Waals surface area contributed by atoms with E-state index in [4.69, 9.17) is 9.47 Å². The summed E-state index contributed by atoms with van der Waals surface area (Å²) in [6.45, 7) is 9.28. The Morgan fingerprint density at radius 2 is 1.91 bits per heavy atom. The molecule has 0 N–H and O–H groups in total. The molecule has 0 aromatic heterocycles. The number of ether oxygens (including phenoxy) is 2. The first-order chi connectivity index (χ1) is 11.0. The third-order valence-corrected chi connectivity index (χ3v) is 4.42. The van der Waals surface area contributed by atoms with Gasteiger partial charge in [0.05, 0.1) is 0 Å². The molecule has 0 fully saturated rings. The highest BCUT2D eigenvalue weighted by molar-refractivity contribution is 5.55. The molecule has 3 rings (SSSR count). The Kier molecular flexibility index (Phi) is 4.34. The maximum atomic E-state index is 6.24. The largest absolute Gasteiger partial charge is 0.488 e. The maximum absolute atomic E-state index is 6.24. The Hall–Kier alpha value is -1.96. The first-order valence-electron chi connectivity index (χ1n) is 8.51. The summed E-state index contributed by atoms with van der Waals surface area (Å²) in [6, 6.07) is 12.5. The normalized spacial score (nSPS) is 15.1. The van der Waals surface area contributed by atoms with E-state index in [-0.39, 0.29) is 5.60 Å². The van der Waals surface area contributed by atoms with Crippen molar-refractivity contribution in [2.45, 2.75) is 59.2 Å². The molecule has 1 aliphatic rings. The molecule has 0 amide bonds. The summed E-state index contributed by atoms with van der Waals surface area (Å²) in [6.07, 6.45) is 3.06. The van der Waals surface area contributed by atoms with Gasteiger partial charge in [-0.05, 0) is 49.9 Å². The molecule has 0 radical (unpaired) electrons. The summed E-state index contributed by atoms with van der Waals surface area (Å²) in [5, 5.41) is 0. The van der Waals surface area contributed by atoms with E-state index in [1.54, 1.807) is 0 Å². The summed E-state index contributed by atoms with van der Waals surface area (Å²) in [7, 11) is 0. The molecular formula is C21H26O2. The van der Waals surface area contributed by atoms with Gasteiger partial charge >= 0.3 is 0 Å². The van der Waals surface area contributed by atoms with Gasteiger partial charge in [0.15, 0.2) is 0 Å². The van der Waals surface area contributed by atoms with E-state index >= 15 is 0 Å². The fraction of sp³-hybridized carbons (Fsp3) is 0.429. The summed E-state index contributed by atoms with van der Waals surface area (Å²) >= 11 is 0. The van der Waals surface area contributed by atoms with Crippen LogP contribution in [0.2, 0.25) is 0 Å². The van der Waals surface area contributed by atoms with E-state index < -0.39 is 0 Å². The Bertz CT molecular complexity index is 687. The van der Waals surface area contributed by atoms with Crippen LogP contribution < -0.4 is 9.47 Å². The van der Waals surface area contributed by atoms with Gasteiger partial charge in [-0.15, -0.1) is 0 Å². The predicted octanol–water partition coefficient (Wildman–Crippen LogP) is 5.24. The van der Waals surface area contributed by atoms with E-state index in [1.165, 1.54) is 22.3 Å². The zero-order valence-electron chi connectivity index (χ0n) is 14.6. The van der Waals surface area contributed by atoms with Crippen molar-refractivity contribution >= 4 is 0 Å². The van der Waals surface area contributed by atoms with Crippen molar-refractivity contribution in [2.75, 3.05) is 0 Å². The third kappa shape index (κ3) is 3.36. The zero-order chi connectivity index (χ0) is 16.4. The smallest absolute Gasteiger partial charge is 0.126 e. The number of hydrogen-bond donors (Lipinski definition) is 0. The monoisotopic (exact) mass is 310 g/mol. The maximum Gasteiger partial charge on any atom is 0.126 e. The van der Waals surface area contributed by atoms with Crippen LogP contribution in [0.5, 0.6) is 11.5 Å². The molecule has 0 spiro atoms. The van der Waals surface area contributed by atoms with Crippen molar-refractivity contribution in [3.63, 3.8) is 0 Å².